The van der Waals surface area contributed by atoms with E-state index in [2.05, 4.69) is 0 Å². The van der Waals surface area contributed by atoms with Crippen molar-refractivity contribution in [3.8, 4) is 0 Å². The Balaban J connectivity index is 1.65. The van der Waals surface area contributed by atoms with Crippen molar-refractivity contribution >= 4 is 30.0 Å². The molecule has 0 radical (unpaired) electrons. The van der Waals surface area contributed by atoms with Gasteiger partial charge in [-0.15, -0.1) is 0 Å². The number of aliphatic hydroxyl groups is 2. The van der Waals surface area contributed by atoms with Gasteiger partial charge in [-0.3, -0.25) is 19.2 Å². The van der Waals surface area contributed by atoms with Crippen molar-refractivity contribution in [2.45, 2.75) is 185 Å². The van der Waals surface area contributed by atoms with Crippen LogP contribution in [-0.2, 0) is 66.6 Å². The number of epoxide rings is 1. The fourth-order valence-corrected chi connectivity index (χ4v) is 8.39. The van der Waals surface area contributed by atoms with Gasteiger partial charge in [0.2, 0.25) is 0 Å². The molecular weight excluding hydrogens is 762 g/mol. The molecule has 58 heavy (non-hydrogen) atoms. The summed E-state index contributed by atoms with van der Waals surface area (Å²) in [4.78, 5) is 65.5. The van der Waals surface area contributed by atoms with Crippen molar-refractivity contribution in [2.24, 2.45) is 11.8 Å². The van der Waals surface area contributed by atoms with E-state index in [-0.39, 0.29) is 43.7 Å². The van der Waals surface area contributed by atoms with Crippen LogP contribution in [0.25, 0.3) is 0 Å². The first-order valence-corrected chi connectivity index (χ1v) is 20.4. The highest BCUT2D eigenvalue weighted by molar-refractivity contribution is 5.91. The number of ether oxygens (including phenoxy) is 9. The third kappa shape index (κ3) is 12.6. The molecule has 4 aliphatic rings. The van der Waals surface area contributed by atoms with Gasteiger partial charge in [0.15, 0.2) is 24.5 Å². The summed E-state index contributed by atoms with van der Waals surface area (Å²) < 4.78 is 54.1. The molecule has 0 spiro atoms. The summed E-state index contributed by atoms with van der Waals surface area (Å²) >= 11 is 0. The van der Waals surface area contributed by atoms with Crippen LogP contribution in [0.15, 0.2) is 12.2 Å². The van der Waals surface area contributed by atoms with Gasteiger partial charge in [0, 0.05) is 45.6 Å². The Labute approximate surface area is 341 Å². The standard InChI is InChI=1S/C41H65NO16/c1-11-12-31(46)56-39-24(5)52-33(20-41(39,7)49)57-36-23(4)53-40(35(48)34(36)42(8)9)58-37-26(15-16-43)17-21(2)27(45)13-14-28-29(55-28)18-22(3)51-32(47)19-30(38(37)50-10)54-25(6)44/h13-14,16,21-24,26,28-30,33-40,48-49H,11-12,15,17-20H2,1-10H3/b14-13+/t21-,22-,23-,24+,26+,28?,29?,30-,33+,34-,35-,36-,37+,38+,39+,40+,41-/m1/s1. The molecule has 4 rings (SSSR count). The van der Waals surface area contributed by atoms with E-state index in [4.69, 9.17) is 42.6 Å². The third-order valence-corrected chi connectivity index (χ3v) is 11.3. The summed E-state index contributed by atoms with van der Waals surface area (Å²) in [5, 5.41) is 23.4. The molecule has 4 heterocycles. The summed E-state index contributed by atoms with van der Waals surface area (Å²) in [5.74, 6) is -3.42. The van der Waals surface area contributed by atoms with Crippen LogP contribution in [0.1, 0.15) is 93.4 Å². The average Bonchev–Trinajstić information content (AvgIpc) is 3.86. The second-order valence-corrected chi connectivity index (χ2v) is 16.6. The SMILES string of the molecule is CCCC(=O)O[C@H]1[C@H](C)O[C@@H](O[C@H]2[C@H](N(C)C)[C@@H](O)[C@H](O[C@H]3[C@@H](CC=O)C[C@@H](C)C(=O)/C=C/C4OC4C[C@@H](C)OC(=O)C[C@@H](OC(C)=O)[C@@H]3OC)O[C@@H]2C)C[C@@]1(C)O. The molecule has 0 aromatic carbocycles. The number of cyclic esters (lactones) is 1. The Bertz CT molecular complexity index is 1440. The zero-order valence-corrected chi connectivity index (χ0v) is 35.5. The molecule has 0 amide bonds. The van der Waals surface area contributed by atoms with Gasteiger partial charge in [-0.05, 0) is 72.7 Å². The lowest BCUT2D eigenvalue weighted by atomic mass is 9.83. The van der Waals surface area contributed by atoms with E-state index in [1.54, 1.807) is 59.7 Å². The fraction of sp³-hybridized carbons (Fsp3) is 0.829. The molecule has 0 aliphatic carbocycles. The molecule has 330 valence electrons. The number of fused-ring (bicyclic) bond motifs is 1. The van der Waals surface area contributed by atoms with E-state index in [1.807, 2.05) is 6.92 Å². The Morgan fingerprint density at radius 1 is 1.00 bits per heavy atom. The minimum absolute atomic E-state index is 0.0507. The highest BCUT2D eigenvalue weighted by Crippen LogP contribution is 2.38. The molecule has 0 saturated carbocycles. The number of hydrogen-bond acceptors (Lipinski definition) is 17. The number of rotatable bonds is 12. The van der Waals surface area contributed by atoms with Crippen LogP contribution in [-0.4, -0.2) is 158 Å². The number of carbonyl (C=O) groups is 5. The smallest absolute Gasteiger partial charge is 0.309 e. The van der Waals surface area contributed by atoms with Gasteiger partial charge in [-0.25, -0.2) is 0 Å². The molecule has 2 N–H and O–H groups in total. The zero-order chi connectivity index (χ0) is 43.1. The quantitative estimate of drug-likeness (QED) is 0.125. The van der Waals surface area contributed by atoms with Crippen molar-refractivity contribution in [3.05, 3.63) is 12.2 Å². The predicted octanol–water partition coefficient (Wildman–Crippen LogP) is 2.19. The highest BCUT2D eigenvalue weighted by Gasteiger charge is 2.53. The van der Waals surface area contributed by atoms with Crippen LogP contribution >= 0.6 is 0 Å². The summed E-state index contributed by atoms with van der Waals surface area (Å²) in [7, 11) is 4.81. The topological polar surface area (TPSA) is 215 Å². The second kappa shape index (κ2) is 21.1. The molecule has 4 aliphatic heterocycles. The van der Waals surface area contributed by atoms with Gasteiger partial charge in [-0.1, -0.05) is 13.8 Å². The van der Waals surface area contributed by atoms with E-state index < -0.39 is 115 Å². The van der Waals surface area contributed by atoms with E-state index in [0.29, 0.717) is 19.1 Å². The van der Waals surface area contributed by atoms with Crippen LogP contribution < -0.4 is 0 Å². The highest BCUT2D eigenvalue weighted by atomic mass is 16.7. The summed E-state index contributed by atoms with van der Waals surface area (Å²) in [6.07, 6.45) is -7.34. The van der Waals surface area contributed by atoms with Crippen molar-refractivity contribution in [2.75, 3.05) is 21.2 Å². The fourth-order valence-electron chi connectivity index (χ4n) is 8.39. The number of allylic oxidation sites excluding steroid dienone is 1. The molecule has 17 nitrogen and oxygen atoms in total. The number of methoxy groups -OCH3 is 1. The molecule has 17 atom stereocenters. The maximum Gasteiger partial charge on any atom is 0.309 e. The molecule has 17 heteroatoms. The minimum Gasteiger partial charge on any atom is -0.462 e. The van der Waals surface area contributed by atoms with Gasteiger partial charge in [-0.2, -0.15) is 0 Å². The summed E-state index contributed by atoms with van der Waals surface area (Å²) in [6.45, 7) is 11.4. The minimum atomic E-state index is -1.50. The molecule has 3 saturated heterocycles. The summed E-state index contributed by atoms with van der Waals surface area (Å²) in [6, 6.07) is -0.797. The number of aliphatic hydroxyl groups excluding tert-OH is 1. The zero-order valence-electron chi connectivity index (χ0n) is 35.5. The van der Waals surface area contributed by atoms with Crippen molar-refractivity contribution < 1.29 is 76.8 Å². The van der Waals surface area contributed by atoms with E-state index in [0.717, 1.165) is 0 Å². The number of likely N-dealkylation sites (N-methyl/N-ethyl adjacent to an activating group) is 1. The molecular formula is C41H65NO16. The Morgan fingerprint density at radius 3 is 2.31 bits per heavy atom. The lowest BCUT2D eigenvalue weighted by Gasteiger charge is -2.50. The van der Waals surface area contributed by atoms with Crippen molar-refractivity contribution in [1.29, 1.82) is 0 Å². The van der Waals surface area contributed by atoms with Crippen molar-refractivity contribution in [1.82, 2.24) is 4.90 Å². The average molecular weight is 828 g/mol. The normalized spacial score (nSPS) is 42.2. The first-order chi connectivity index (χ1) is 27.3. The molecule has 2 unspecified atom stereocenters. The van der Waals surface area contributed by atoms with Gasteiger partial charge in [0.1, 0.15) is 48.5 Å². The molecule has 3 fully saturated rings. The number of aldehydes is 1. The summed E-state index contributed by atoms with van der Waals surface area (Å²) in [5.41, 5.74) is -1.50. The predicted molar refractivity (Wildman–Crippen MR) is 204 cm³/mol. The monoisotopic (exact) mass is 827 g/mol. The lowest BCUT2D eigenvalue weighted by molar-refractivity contribution is -0.344. The number of nitrogens with zero attached hydrogens (tertiary/aromatic N) is 1. The molecule has 0 aromatic heterocycles. The van der Waals surface area contributed by atoms with E-state index >= 15 is 0 Å². The Kier molecular flexibility index (Phi) is 17.4. The van der Waals surface area contributed by atoms with Gasteiger partial charge in [0.25, 0.3) is 0 Å². The Morgan fingerprint density at radius 2 is 1.71 bits per heavy atom. The first kappa shape index (κ1) is 47.8. The van der Waals surface area contributed by atoms with Crippen LogP contribution in [0.2, 0.25) is 0 Å². The first-order valence-electron chi connectivity index (χ1n) is 20.4. The number of ketones is 1. The number of carbonyl (C=O) groups excluding carboxylic acids is 5. The van der Waals surface area contributed by atoms with Crippen LogP contribution in [0.5, 0.6) is 0 Å². The van der Waals surface area contributed by atoms with Crippen LogP contribution in [0.4, 0.5) is 0 Å². The van der Waals surface area contributed by atoms with Gasteiger partial charge in [0.05, 0.1) is 36.9 Å². The van der Waals surface area contributed by atoms with Gasteiger partial charge >= 0.3 is 17.9 Å². The lowest BCUT2D eigenvalue weighted by Crippen LogP contribution is -2.66. The van der Waals surface area contributed by atoms with Crippen LogP contribution in [0, 0.1) is 11.8 Å². The largest absolute Gasteiger partial charge is 0.462 e. The van der Waals surface area contributed by atoms with E-state index in [1.165, 1.54) is 20.1 Å². The van der Waals surface area contributed by atoms with Crippen LogP contribution in [0.3, 0.4) is 0 Å². The van der Waals surface area contributed by atoms with Gasteiger partial charge < -0.3 is 62.5 Å². The third-order valence-electron chi connectivity index (χ3n) is 11.3. The second-order valence-electron chi connectivity index (χ2n) is 16.6. The molecule has 0 aromatic rings. The Hall–Kier alpha value is -2.87. The molecule has 0 bridgehead atoms. The van der Waals surface area contributed by atoms with E-state index in [9.17, 15) is 34.2 Å². The number of hydrogen-bond donors (Lipinski definition) is 2. The van der Waals surface area contributed by atoms with Crippen molar-refractivity contribution in [3.63, 3.8) is 0 Å². The maximum atomic E-state index is 13.4. The number of esters is 3. The maximum absolute atomic E-state index is 13.4.